The Morgan fingerprint density at radius 2 is 2.07 bits per heavy atom. The molecule has 1 N–H and O–H groups in total. The second-order valence-corrected chi connectivity index (χ2v) is 9.58. The number of aliphatic hydroxyl groups excluding tert-OH is 1. The van der Waals surface area contributed by atoms with Crippen LogP contribution in [0.15, 0.2) is 12.1 Å². The first kappa shape index (κ1) is 18.7. The molecule has 4 nitrogen and oxygen atoms in total. The Morgan fingerprint density at radius 1 is 1.21 bits per heavy atom. The Morgan fingerprint density at radius 3 is 2.89 bits per heavy atom. The van der Waals surface area contributed by atoms with Crippen LogP contribution in [0, 0.1) is 11.8 Å². The van der Waals surface area contributed by atoms with Gasteiger partial charge in [-0.1, -0.05) is 25.3 Å². The molecule has 2 heterocycles. The highest BCUT2D eigenvalue weighted by Gasteiger charge is 2.65. The van der Waals surface area contributed by atoms with Gasteiger partial charge in [0.25, 0.3) is 0 Å². The maximum absolute atomic E-state index is 9.03. The number of methoxy groups -OCH3 is 1. The van der Waals surface area contributed by atoms with E-state index < -0.39 is 0 Å². The van der Waals surface area contributed by atoms with Crippen LogP contribution in [0.4, 0.5) is 0 Å². The van der Waals surface area contributed by atoms with Crippen molar-refractivity contribution in [3.8, 4) is 11.5 Å². The van der Waals surface area contributed by atoms with Gasteiger partial charge in [-0.25, -0.2) is 0 Å². The molecule has 2 aliphatic heterocycles. The van der Waals surface area contributed by atoms with E-state index in [4.69, 9.17) is 14.6 Å². The lowest BCUT2D eigenvalue weighted by Crippen LogP contribution is -2.65. The molecule has 1 unspecified atom stereocenters. The predicted octanol–water partition coefficient (Wildman–Crippen LogP) is 3.92. The number of likely N-dealkylation sites (N-methyl/N-ethyl adjacent to an activating group) is 1. The molecule has 1 aromatic rings. The van der Waals surface area contributed by atoms with Crippen molar-refractivity contribution in [3.63, 3.8) is 0 Å². The van der Waals surface area contributed by atoms with Gasteiger partial charge in [0.05, 0.1) is 7.11 Å². The fraction of sp³-hybridized carbons (Fsp3) is 0.750. The van der Waals surface area contributed by atoms with Gasteiger partial charge in [-0.05, 0) is 75.6 Å². The van der Waals surface area contributed by atoms with E-state index in [0.717, 1.165) is 36.7 Å². The molecule has 0 radical (unpaired) electrons. The summed E-state index contributed by atoms with van der Waals surface area (Å²) in [5.74, 6) is 3.38. The first-order valence-electron chi connectivity index (χ1n) is 11.4. The topological polar surface area (TPSA) is 41.9 Å². The molecule has 28 heavy (non-hydrogen) atoms. The lowest BCUT2D eigenvalue weighted by atomic mass is 9.50. The number of aliphatic hydroxyl groups is 1. The fourth-order valence-electron chi connectivity index (χ4n) is 7.17. The third kappa shape index (κ3) is 2.56. The molecular formula is C24H35NO3. The fourth-order valence-corrected chi connectivity index (χ4v) is 7.17. The molecular weight excluding hydrogens is 350 g/mol. The van der Waals surface area contributed by atoms with Crippen molar-refractivity contribution < 1.29 is 14.6 Å². The molecule has 2 bridgehead atoms. The zero-order valence-electron chi connectivity index (χ0n) is 17.5. The van der Waals surface area contributed by atoms with Crippen molar-refractivity contribution in [3.05, 3.63) is 23.3 Å². The number of hydrogen-bond donors (Lipinski definition) is 1. The minimum Gasteiger partial charge on any atom is -0.493 e. The highest BCUT2D eigenvalue weighted by Crippen LogP contribution is 2.65. The van der Waals surface area contributed by atoms with Gasteiger partial charge in [-0.2, -0.15) is 0 Å². The monoisotopic (exact) mass is 385 g/mol. The van der Waals surface area contributed by atoms with Gasteiger partial charge in [0.2, 0.25) is 0 Å². The zero-order chi connectivity index (χ0) is 19.3. The normalized spacial score (nSPS) is 35.4. The third-order valence-corrected chi connectivity index (χ3v) is 8.40. The molecule has 1 spiro atoms. The minimum atomic E-state index is 0.211. The largest absolute Gasteiger partial charge is 0.493 e. The van der Waals surface area contributed by atoms with Crippen molar-refractivity contribution in [2.24, 2.45) is 11.8 Å². The Bertz CT molecular complexity index is 735. The van der Waals surface area contributed by atoms with Crippen molar-refractivity contribution in [2.45, 2.75) is 75.3 Å². The number of benzene rings is 1. The molecule has 4 heteroatoms. The standard InChI is InChI=1S/C24H35NO3/c1-25-13-12-24-18-10-8-16(7-5-3-4-6-14-26)23(24)28-22-20(27-2)11-9-17(21(22)24)15-19(18)25/h9,11,16,18-19,23,26H,3-8,10,12-15H2,1-2H3/t16?,18-,19+,23-,24-/m0/s1. The number of unbranched alkanes of at least 4 members (excludes halogenated alkanes) is 3. The van der Waals surface area contributed by atoms with Gasteiger partial charge in [0.1, 0.15) is 6.10 Å². The molecule has 2 aliphatic carbocycles. The quantitative estimate of drug-likeness (QED) is 0.723. The summed E-state index contributed by atoms with van der Waals surface area (Å²) >= 11 is 0. The van der Waals surface area contributed by atoms with Crippen LogP contribution in [0.2, 0.25) is 0 Å². The number of piperidine rings is 1. The van der Waals surface area contributed by atoms with Gasteiger partial charge < -0.3 is 19.5 Å². The van der Waals surface area contributed by atoms with Gasteiger partial charge in [-0.15, -0.1) is 0 Å². The van der Waals surface area contributed by atoms with Crippen molar-refractivity contribution >= 4 is 0 Å². The molecule has 154 valence electrons. The molecule has 5 atom stereocenters. The molecule has 0 aromatic heterocycles. The van der Waals surface area contributed by atoms with Crippen LogP contribution in [0.1, 0.15) is 62.5 Å². The van der Waals surface area contributed by atoms with E-state index in [1.807, 2.05) is 0 Å². The summed E-state index contributed by atoms with van der Waals surface area (Å²) in [6.07, 6.45) is 11.2. The zero-order valence-corrected chi connectivity index (χ0v) is 17.5. The van der Waals surface area contributed by atoms with E-state index in [9.17, 15) is 0 Å². The molecule has 2 fully saturated rings. The molecule has 5 rings (SSSR count). The van der Waals surface area contributed by atoms with Gasteiger partial charge >= 0.3 is 0 Å². The number of ether oxygens (including phenoxy) is 2. The van der Waals surface area contributed by atoms with E-state index in [2.05, 4.69) is 24.1 Å². The minimum absolute atomic E-state index is 0.211. The van der Waals surface area contributed by atoms with Crippen LogP contribution in [0.3, 0.4) is 0 Å². The molecule has 1 aromatic carbocycles. The summed E-state index contributed by atoms with van der Waals surface area (Å²) < 4.78 is 12.6. The van der Waals surface area contributed by atoms with Gasteiger partial charge in [0, 0.05) is 23.6 Å². The molecule has 1 saturated carbocycles. The van der Waals surface area contributed by atoms with Gasteiger partial charge in [-0.3, -0.25) is 0 Å². The Kier molecular flexibility index (Phi) is 4.83. The molecule has 4 aliphatic rings. The number of hydrogen-bond acceptors (Lipinski definition) is 4. The van der Waals surface area contributed by atoms with E-state index in [1.54, 1.807) is 7.11 Å². The molecule has 1 saturated heterocycles. The Hall–Kier alpha value is -1.26. The highest BCUT2D eigenvalue weighted by atomic mass is 16.5. The predicted molar refractivity (Wildman–Crippen MR) is 110 cm³/mol. The van der Waals surface area contributed by atoms with Crippen LogP contribution in [0.5, 0.6) is 11.5 Å². The average Bonchev–Trinajstić information content (AvgIpc) is 3.06. The van der Waals surface area contributed by atoms with Crippen LogP contribution < -0.4 is 9.47 Å². The average molecular weight is 386 g/mol. The first-order chi connectivity index (χ1) is 13.7. The second kappa shape index (κ2) is 7.21. The third-order valence-electron chi connectivity index (χ3n) is 8.40. The SMILES string of the molecule is COc1ccc2c3c1O[C@H]1C(CCCCCCO)CC[C@H]4[C@@H](C2)N(C)CC[C@]314. The summed E-state index contributed by atoms with van der Waals surface area (Å²) in [6, 6.07) is 5.10. The summed E-state index contributed by atoms with van der Waals surface area (Å²) in [7, 11) is 4.10. The van der Waals surface area contributed by atoms with E-state index >= 15 is 0 Å². The van der Waals surface area contributed by atoms with E-state index in [1.165, 1.54) is 56.2 Å². The lowest BCUT2D eigenvalue weighted by Gasteiger charge is -2.59. The lowest BCUT2D eigenvalue weighted by molar-refractivity contribution is -0.0710. The van der Waals surface area contributed by atoms with Crippen LogP contribution in [0.25, 0.3) is 0 Å². The van der Waals surface area contributed by atoms with Crippen LogP contribution in [-0.2, 0) is 11.8 Å². The van der Waals surface area contributed by atoms with Crippen molar-refractivity contribution in [1.82, 2.24) is 4.90 Å². The Labute approximate surface area is 169 Å². The van der Waals surface area contributed by atoms with Gasteiger partial charge in [0.15, 0.2) is 11.5 Å². The summed E-state index contributed by atoms with van der Waals surface area (Å²) in [5, 5.41) is 9.03. The second-order valence-electron chi connectivity index (χ2n) is 9.58. The van der Waals surface area contributed by atoms with Crippen molar-refractivity contribution in [1.29, 1.82) is 0 Å². The van der Waals surface area contributed by atoms with Crippen LogP contribution in [-0.4, -0.2) is 49.5 Å². The number of rotatable bonds is 7. The maximum atomic E-state index is 9.03. The first-order valence-corrected chi connectivity index (χ1v) is 11.4. The van der Waals surface area contributed by atoms with Crippen molar-refractivity contribution in [2.75, 3.05) is 27.3 Å². The van der Waals surface area contributed by atoms with E-state index in [0.29, 0.717) is 24.7 Å². The summed E-state index contributed by atoms with van der Waals surface area (Å²) in [5.41, 5.74) is 3.24. The summed E-state index contributed by atoms with van der Waals surface area (Å²) in [4.78, 5) is 2.62. The smallest absolute Gasteiger partial charge is 0.165 e. The maximum Gasteiger partial charge on any atom is 0.165 e. The highest BCUT2D eigenvalue weighted by molar-refractivity contribution is 5.61. The number of nitrogens with zero attached hydrogens (tertiary/aromatic N) is 1. The number of likely N-dealkylation sites (tertiary alicyclic amines) is 1. The Balaban J connectivity index is 1.49. The molecule has 0 amide bonds. The van der Waals surface area contributed by atoms with Crippen LogP contribution >= 0.6 is 0 Å². The summed E-state index contributed by atoms with van der Waals surface area (Å²) in [6.45, 7) is 1.51. The van der Waals surface area contributed by atoms with E-state index in [-0.39, 0.29) is 5.41 Å².